The van der Waals surface area contributed by atoms with E-state index in [4.69, 9.17) is 25.8 Å². The summed E-state index contributed by atoms with van der Waals surface area (Å²) in [5.74, 6) is 0.117. The van der Waals surface area contributed by atoms with Crippen LogP contribution in [0.1, 0.15) is 101 Å². The molecule has 1 saturated heterocycles. The molecule has 2 heterocycles. The summed E-state index contributed by atoms with van der Waals surface area (Å²) in [5.41, 5.74) is 4.36. The van der Waals surface area contributed by atoms with Crippen molar-refractivity contribution < 1.29 is 33.4 Å². The van der Waals surface area contributed by atoms with E-state index in [9.17, 15) is 24.4 Å². The predicted octanol–water partition coefficient (Wildman–Crippen LogP) is 8.27. The minimum absolute atomic E-state index is 0.170. The number of nitrogens with one attached hydrogen (secondary N) is 3. The summed E-state index contributed by atoms with van der Waals surface area (Å²) < 4.78 is 17.9. The number of nitrogens with zero attached hydrogens (tertiary/aromatic N) is 3. The third-order valence-corrected chi connectivity index (χ3v) is 13.7. The van der Waals surface area contributed by atoms with Gasteiger partial charge in [0.25, 0.3) is 5.91 Å². The lowest BCUT2D eigenvalue weighted by molar-refractivity contribution is -0.164. The van der Waals surface area contributed by atoms with Crippen LogP contribution in [0.25, 0.3) is 10.4 Å². The molecule has 4 amide bonds. The number of aryl methyl sites for hydroxylation is 1. The molecule has 13 nitrogen and oxygen atoms in total. The van der Waals surface area contributed by atoms with Crippen molar-refractivity contribution in [2.75, 3.05) is 26.4 Å². The number of nitriles is 1. The summed E-state index contributed by atoms with van der Waals surface area (Å²) >= 11 is 7.83. The summed E-state index contributed by atoms with van der Waals surface area (Å²) in [7, 11) is 0. The third kappa shape index (κ3) is 11.7. The quantitative estimate of drug-likeness (QED) is 0.0831. The maximum absolute atomic E-state index is 13.9. The van der Waals surface area contributed by atoms with Gasteiger partial charge in [-0.3, -0.25) is 19.2 Å². The van der Waals surface area contributed by atoms with Crippen LogP contribution in [0.3, 0.4) is 0 Å². The van der Waals surface area contributed by atoms with E-state index in [-0.39, 0.29) is 47.3 Å². The Morgan fingerprint density at radius 2 is 1.65 bits per heavy atom. The lowest BCUT2D eigenvalue weighted by Gasteiger charge is -2.63. The van der Waals surface area contributed by atoms with Crippen LogP contribution in [0.4, 0.5) is 0 Å². The average molecular weight is 926 g/mol. The second kappa shape index (κ2) is 20.8. The number of amides is 4. The summed E-state index contributed by atoms with van der Waals surface area (Å²) in [6.07, 6.45) is 2.36. The van der Waals surface area contributed by atoms with Gasteiger partial charge in [-0.25, -0.2) is 4.98 Å². The molecule has 1 aromatic heterocycles. The number of carbonyl (C=O) groups is 4. The standard InChI is InChI=1S/C50H61ClN6O7S/c1-31-41(65-30-54-31)33-15-13-32(14-16-33)28-53-44(60)39-12-11-23-57(39)45(61)42(48(2,3)4)55-40(58)29-62-24-9-10-25-63-36-20-17-34(18-21-36)43(59)56-46-49(5,6)47(50(46,7)8)64-37-22-19-35(27-52)38(51)26-37/h13-22,26,30,39,42,46-47H,9-12,23-25,28-29H2,1-8H3,(H,53,60)(H,55,58)(H,56,59)/t39-,42?,46-,47-/m0/s1. The lowest BCUT2D eigenvalue weighted by atomic mass is 9.49. The molecule has 2 atom stereocenters. The number of halogens is 1. The van der Waals surface area contributed by atoms with Crippen molar-refractivity contribution in [3.63, 3.8) is 0 Å². The van der Waals surface area contributed by atoms with Crippen LogP contribution in [-0.2, 0) is 25.7 Å². The smallest absolute Gasteiger partial charge is 0.251 e. The fraction of sp³-hybridized carbons (Fsp3) is 0.480. The van der Waals surface area contributed by atoms with E-state index >= 15 is 0 Å². The average Bonchev–Trinajstić information content (AvgIpc) is 3.94. The van der Waals surface area contributed by atoms with E-state index in [1.165, 1.54) is 0 Å². The van der Waals surface area contributed by atoms with Crippen LogP contribution in [0, 0.1) is 34.5 Å². The van der Waals surface area contributed by atoms with Gasteiger partial charge in [0.05, 0.1) is 33.3 Å². The van der Waals surface area contributed by atoms with Crippen molar-refractivity contribution in [3.05, 3.63) is 99.6 Å². The Labute approximate surface area is 391 Å². The number of thiazole rings is 1. The monoisotopic (exact) mass is 924 g/mol. The van der Waals surface area contributed by atoms with Crippen LogP contribution in [0.2, 0.25) is 5.02 Å². The van der Waals surface area contributed by atoms with Crippen molar-refractivity contribution in [1.82, 2.24) is 25.8 Å². The molecular formula is C50H61ClN6O7S. The number of unbranched alkanes of at least 4 members (excludes halogenated alkanes) is 1. The van der Waals surface area contributed by atoms with Gasteiger partial charge in [0.15, 0.2) is 0 Å². The summed E-state index contributed by atoms with van der Waals surface area (Å²) in [5, 5.41) is 18.6. The second-order valence-corrected chi connectivity index (χ2v) is 20.4. The molecule has 1 unspecified atom stereocenters. The van der Waals surface area contributed by atoms with E-state index < -0.39 is 23.4 Å². The highest BCUT2D eigenvalue weighted by Gasteiger charge is 2.64. The van der Waals surface area contributed by atoms with Gasteiger partial charge in [0.2, 0.25) is 17.7 Å². The zero-order chi connectivity index (χ0) is 47.1. The van der Waals surface area contributed by atoms with Crippen molar-refractivity contribution in [2.45, 2.75) is 112 Å². The van der Waals surface area contributed by atoms with E-state index in [0.717, 1.165) is 21.7 Å². The van der Waals surface area contributed by atoms with Gasteiger partial charge in [-0.05, 0) is 85.5 Å². The molecule has 1 saturated carbocycles. The number of likely N-dealkylation sites (tertiary alicyclic amines) is 1. The van der Waals surface area contributed by atoms with Crippen LogP contribution < -0.4 is 25.4 Å². The molecule has 346 valence electrons. The van der Waals surface area contributed by atoms with E-state index in [1.807, 2.05) is 57.5 Å². The maximum Gasteiger partial charge on any atom is 0.251 e. The van der Waals surface area contributed by atoms with Crippen LogP contribution in [-0.4, -0.2) is 84.1 Å². The van der Waals surface area contributed by atoms with E-state index in [0.29, 0.717) is 79.6 Å². The first-order valence-electron chi connectivity index (χ1n) is 22.2. The molecule has 0 bridgehead atoms. The van der Waals surface area contributed by atoms with Crippen molar-refractivity contribution in [1.29, 1.82) is 5.26 Å². The maximum atomic E-state index is 13.9. The Kier molecular flexibility index (Phi) is 15.6. The molecule has 15 heteroatoms. The molecular weight excluding hydrogens is 864 g/mol. The van der Waals surface area contributed by atoms with Crippen molar-refractivity contribution in [2.24, 2.45) is 16.2 Å². The molecule has 65 heavy (non-hydrogen) atoms. The van der Waals surface area contributed by atoms with Crippen LogP contribution in [0.15, 0.2) is 72.2 Å². The predicted molar refractivity (Wildman–Crippen MR) is 252 cm³/mol. The summed E-state index contributed by atoms with van der Waals surface area (Å²) in [4.78, 5) is 60.8. The van der Waals surface area contributed by atoms with Gasteiger partial charge >= 0.3 is 0 Å². The highest BCUT2D eigenvalue weighted by molar-refractivity contribution is 7.13. The minimum Gasteiger partial charge on any atom is -0.494 e. The van der Waals surface area contributed by atoms with Gasteiger partial charge in [-0.15, -0.1) is 11.3 Å². The van der Waals surface area contributed by atoms with Gasteiger partial charge < -0.3 is 35.1 Å². The van der Waals surface area contributed by atoms with E-state index in [1.54, 1.807) is 58.7 Å². The van der Waals surface area contributed by atoms with Crippen molar-refractivity contribution in [3.8, 4) is 28.0 Å². The Balaban J connectivity index is 0.885. The molecule has 3 aromatic carbocycles. The van der Waals surface area contributed by atoms with Gasteiger partial charge in [0.1, 0.15) is 42.4 Å². The summed E-state index contributed by atoms with van der Waals surface area (Å²) in [6, 6.07) is 20.5. The highest BCUT2D eigenvalue weighted by Crippen LogP contribution is 2.55. The largest absolute Gasteiger partial charge is 0.494 e. The Hall–Kier alpha value is -5.49. The van der Waals surface area contributed by atoms with Crippen LogP contribution in [0.5, 0.6) is 11.5 Å². The third-order valence-electron chi connectivity index (χ3n) is 12.4. The molecule has 3 N–H and O–H groups in total. The van der Waals surface area contributed by atoms with Gasteiger partial charge in [-0.1, -0.05) is 84.3 Å². The number of aromatic nitrogens is 1. The Bertz CT molecular complexity index is 2350. The molecule has 4 aromatic rings. The van der Waals surface area contributed by atoms with Crippen LogP contribution >= 0.6 is 22.9 Å². The molecule has 2 fully saturated rings. The number of benzene rings is 3. The number of hydrogen-bond acceptors (Lipinski definition) is 10. The fourth-order valence-electron chi connectivity index (χ4n) is 9.15. The number of ether oxygens (including phenoxy) is 3. The van der Waals surface area contributed by atoms with Crippen molar-refractivity contribution >= 4 is 46.6 Å². The lowest BCUT2D eigenvalue weighted by Crippen LogP contribution is -2.74. The molecule has 2 aliphatic rings. The molecule has 0 spiro atoms. The molecule has 6 rings (SSSR count). The highest BCUT2D eigenvalue weighted by atomic mass is 35.5. The second-order valence-electron chi connectivity index (χ2n) is 19.2. The van der Waals surface area contributed by atoms with Gasteiger partial charge in [0, 0.05) is 48.2 Å². The zero-order valence-electron chi connectivity index (χ0n) is 38.6. The first kappa shape index (κ1) is 49.0. The Morgan fingerprint density at radius 1 is 0.969 bits per heavy atom. The number of hydrogen-bond donors (Lipinski definition) is 3. The Morgan fingerprint density at radius 3 is 2.28 bits per heavy atom. The zero-order valence-corrected chi connectivity index (χ0v) is 40.2. The first-order chi connectivity index (χ1) is 30.8. The fourth-order valence-corrected chi connectivity index (χ4v) is 10.2. The van der Waals surface area contributed by atoms with Gasteiger partial charge in [-0.2, -0.15) is 5.26 Å². The topological polar surface area (TPSA) is 172 Å². The molecule has 0 radical (unpaired) electrons. The minimum atomic E-state index is -0.842. The molecule has 1 aliphatic heterocycles. The first-order valence-corrected chi connectivity index (χ1v) is 23.4. The number of rotatable bonds is 18. The SMILES string of the molecule is Cc1ncsc1-c1ccc(CNC(=O)[C@@H]2CCCN2C(=O)C(NC(=O)COCCCCOc2ccc(C(=O)N[C@H]3C(C)(C)[C@H](Oc4ccc(C#N)c(Cl)c4)C3(C)C)cc2)C(C)(C)C)cc1. The normalized spacial score (nSPS) is 19.0. The molecule has 1 aliphatic carbocycles. The number of carbonyl (C=O) groups excluding carboxylic acids is 4. The summed E-state index contributed by atoms with van der Waals surface area (Å²) in [6.45, 7) is 17.2. The van der Waals surface area contributed by atoms with E-state index in [2.05, 4.69) is 54.7 Å².